The van der Waals surface area contributed by atoms with Gasteiger partial charge in [-0.25, -0.2) is 4.79 Å². The monoisotopic (exact) mass is 318 g/mol. The summed E-state index contributed by atoms with van der Waals surface area (Å²) < 4.78 is 11.6. The lowest BCUT2D eigenvalue weighted by Gasteiger charge is -2.37. The van der Waals surface area contributed by atoms with Crippen LogP contribution in [-0.4, -0.2) is 18.7 Å². The average Bonchev–Trinajstić information content (AvgIpc) is 2.53. The number of ether oxygens (including phenoxy) is 2. The van der Waals surface area contributed by atoms with Crippen molar-refractivity contribution in [3.05, 3.63) is 35.9 Å². The Hall–Kier alpha value is -1.35. The van der Waals surface area contributed by atoms with Crippen LogP contribution >= 0.6 is 0 Å². The zero-order valence-electron chi connectivity index (χ0n) is 14.8. The molecule has 0 saturated heterocycles. The summed E-state index contributed by atoms with van der Waals surface area (Å²) in [5, 5.41) is 0. The van der Waals surface area contributed by atoms with Crippen LogP contribution in [0.15, 0.2) is 30.3 Å². The van der Waals surface area contributed by atoms with Crippen molar-refractivity contribution >= 4 is 5.97 Å². The largest absolute Gasteiger partial charge is 0.460 e. The maximum Gasteiger partial charge on any atom is 0.340 e. The highest BCUT2D eigenvalue weighted by Gasteiger charge is 2.35. The first kappa shape index (κ1) is 18.0. The van der Waals surface area contributed by atoms with Gasteiger partial charge in [0.05, 0.1) is 0 Å². The molecule has 3 nitrogen and oxygen atoms in total. The van der Waals surface area contributed by atoms with Gasteiger partial charge in [-0.15, -0.1) is 0 Å². The molecule has 0 aliphatic heterocycles. The molecule has 0 spiro atoms. The van der Waals surface area contributed by atoms with Gasteiger partial charge in [-0.05, 0) is 43.1 Å². The van der Waals surface area contributed by atoms with Crippen molar-refractivity contribution < 1.29 is 14.3 Å². The van der Waals surface area contributed by atoms with Crippen molar-refractivity contribution in [2.24, 2.45) is 17.8 Å². The number of hydrogen-bond acceptors (Lipinski definition) is 3. The smallest absolute Gasteiger partial charge is 0.340 e. The molecule has 0 bridgehead atoms. The molecule has 0 radical (unpaired) electrons. The molecule has 1 saturated carbocycles. The minimum atomic E-state index is -0.619. The summed E-state index contributed by atoms with van der Waals surface area (Å²) in [5.74, 6) is 1.35. The minimum Gasteiger partial charge on any atom is -0.460 e. The van der Waals surface area contributed by atoms with Crippen molar-refractivity contribution in [1.82, 2.24) is 0 Å². The molecule has 128 valence electrons. The van der Waals surface area contributed by atoms with Gasteiger partial charge in [-0.3, -0.25) is 0 Å². The highest BCUT2D eigenvalue weighted by molar-refractivity contribution is 5.76. The number of carbonyl (C=O) groups excluding carboxylic acids is 1. The van der Waals surface area contributed by atoms with Gasteiger partial charge in [0.25, 0.3) is 0 Å². The van der Waals surface area contributed by atoms with Crippen molar-refractivity contribution in [2.45, 2.75) is 59.2 Å². The number of hydrogen-bond donors (Lipinski definition) is 0. The molecule has 0 amide bonds. The number of rotatable bonds is 6. The molecule has 0 heterocycles. The fourth-order valence-electron chi connectivity index (χ4n) is 3.56. The molecule has 1 aromatic rings. The van der Waals surface area contributed by atoms with Crippen LogP contribution in [0.3, 0.4) is 0 Å². The highest BCUT2D eigenvalue weighted by Crippen LogP contribution is 2.36. The summed E-state index contributed by atoms with van der Waals surface area (Å²) in [6, 6.07) is 9.63. The first-order valence-corrected chi connectivity index (χ1v) is 8.90. The van der Waals surface area contributed by atoms with E-state index in [9.17, 15) is 4.79 Å². The van der Waals surface area contributed by atoms with E-state index in [1.54, 1.807) is 0 Å². The summed E-state index contributed by atoms with van der Waals surface area (Å²) >= 11 is 0. The van der Waals surface area contributed by atoms with E-state index in [1.807, 2.05) is 37.3 Å². The minimum absolute atomic E-state index is 0.0120. The molecule has 1 fully saturated rings. The van der Waals surface area contributed by atoms with Crippen LogP contribution in [0.2, 0.25) is 0 Å². The summed E-state index contributed by atoms with van der Waals surface area (Å²) in [5.41, 5.74) is 0.865. The fraction of sp³-hybridized carbons (Fsp3) is 0.650. The van der Waals surface area contributed by atoms with Crippen LogP contribution in [0.1, 0.15) is 58.6 Å². The van der Waals surface area contributed by atoms with Crippen LogP contribution in [0.5, 0.6) is 0 Å². The Morgan fingerprint density at radius 3 is 2.52 bits per heavy atom. The highest BCUT2D eigenvalue weighted by atomic mass is 16.6. The van der Waals surface area contributed by atoms with Gasteiger partial charge in [0.2, 0.25) is 0 Å². The van der Waals surface area contributed by atoms with E-state index in [-0.39, 0.29) is 12.1 Å². The SMILES string of the molecule is CCOC(C(=O)O[C@H]1C[C@@H](C)CC[C@@H]1C(C)C)c1ccccc1. The second-order valence-corrected chi connectivity index (χ2v) is 7.05. The Morgan fingerprint density at radius 1 is 1.22 bits per heavy atom. The number of carbonyl (C=O) groups is 1. The van der Waals surface area contributed by atoms with Gasteiger partial charge >= 0.3 is 5.97 Å². The third kappa shape index (κ3) is 4.81. The number of esters is 1. The third-order valence-corrected chi connectivity index (χ3v) is 4.88. The van der Waals surface area contributed by atoms with Gasteiger partial charge < -0.3 is 9.47 Å². The summed E-state index contributed by atoms with van der Waals surface area (Å²) in [6.07, 6.45) is 2.72. The van der Waals surface area contributed by atoms with Crippen LogP contribution in [0, 0.1) is 17.8 Å². The van der Waals surface area contributed by atoms with E-state index < -0.39 is 6.10 Å². The second-order valence-electron chi connectivity index (χ2n) is 7.05. The zero-order valence-corrected chi connectivity index (χ0v) is 14.8. The molecular weight excluding hydrogens is 288 g/mol. The quantitative estimate of drug-likeness (QED) is 0.709. The van der Waals surface area contributed by atoms with E-state index in [1.165, 1.54) is 6.42 Å². The molecule has 0 aromatic heterocycles. The molecule has 0 N–H and O–H groups in total. The van der Waals surface area contributed by atoms with Gasteiger partial charge in [0, 0.05) is 6.61 Å². The first-order chi connectivity index (χ1) is 11.0. The van der Waals surface area contributed by atoms with Crippen LogP contribution in [-0.2, 0) is 14.3 Å². The van der Waals surface area contributed by atoms with Crippen molar-refractivity contribution in [1.29, 1.82) is 0 Å². The molecule has 4 atom stereocenters. The fourth-order valence-corrected chi connectivity index (χ4v) is 3.56. The third-order valence-electron chi connectivity index (χ3n) is 4.88. The van der Waals surface area contributed by atoms with E-state index in [0.717, 1.165) is 18.4 Å². The van der Waals surface area contributed by atoms with E-state index in [4.69, 9.17) is 9.47 Å². The van der Waals surface area contributed by atoms with Gasteiger partial charge in [-0.1, -0.05) is 57.5 Å². The molecule has 1 aliphatic rings. The maximum absolute atomic E-state index is 12.7. The van der Waals surface area contributed by atoms with Crippen molar-refractivity contribution in [2.75, 3.05) is 6.61 Å². The average molecular weight is 318 g/mol. The first-order valence-electron chi connectivity index (χ1n) is 8.90. The summed E-state index contributed by atoms with van der Waals surface area (Å²) in [4.78, 5) is 12.7. The number of benzene rings is 1. The van der Waals surface area contributed by atoms with Gasteiger partial charge in [-0.2, -0.15) is 0 Å². The predicted molar refractivity (Wildman–Crippen MR) is 92.0 cm³/mol. The standard InChI is InChI=1S/C20H30O3/c1-5-22-19(16-9-7-6-8-10-16)20(21)23-18-13-15(4)11-12-17(18)14(2)3/h6-10,14-15,17-19H,5,11-13H2,1-4H3/t15-,17+,18-,19?/m0/s1. The van der Waals surface area contributed by atoms with Gasteiger partial charge in [0.15, 0.2) is 6.10 Å². The maximum atomic E-state index is 12.7. The Morgan fingerprint density at radius 2 is 1.91 bits per heavy atom. The summed E-state index contributed by atoms with van der Waals surface area (Å²) in [6.45, 7) is 9.08. The van der Waals surface area contributed by atoms with Crippen molar-refractivity contribution in [3.63, 3.8) is 0 Å². The second kappa shape index (κ2) is 8.49. The van der Waals surface area contributed by atoms with Crippen LogP contribution in [0.4, 0.5) is 0 Å². The normalized spacial score (nSPS) is 26.0. The summed E-state index contributed by atoms with van der Waals surface area (Å²) in [7, 11) is 0. The topological polar surface area (TPSA) is 35.5 Å². The molecule has 3 heteroatoms. The van der Waals surface area contributed by atoms with Crippen molar-refractivity contribution in [3.8, 4) is 0 Å². The molecule has 1 aromatic carbocycles. The predicted octanol–water partition coefficient (Wildman–Crippen LogP) is 4.77. The Balaban J connectivity index is 2.10. The Bertz CT molecular complexity index is 483. The van der Waals surface area contributed by atoms with E-state index >= 15 is 0 Å². The Kier molecular flexibility index (Phi) is 6.64. The molecule has 23 heavy (non-hydrogen) atoms. The zero-order chi connectivity index (χ0) is 16.8. The van der Waals surface area contributed by atoms with Crippen LogP contribution < -0.4 is 0 Å². The van der Waals surface area contributed by atoms with Crippen LogP contribution in [0.25, 0.3) is 0 Å². The molecule has 1 aliphatic carbocycles. The lowest BCUT2D eigenvalue weighted by Crippen LogP contribution is -2.37. The lowest BCUT2D eigenvalue weighted by molar-refractivity contribution is -0.169. The molecular formula is C20H30O3. The lowest BCUT2D eigenvalue weighted by atomic mass is 9.75. The molecule has 1 unspecified atom stereocenters. The van der Waals surface area contributed by atoms with Gasteiger partial charge in [0.1, 0.15) is 6.10 Å². The van der Waals surface area contributed by atoms with E-state index in [2.05, 4.69) is 20.8 Å². The Labute approximate surface area is 140 Å². The van der Waals surface area contributed by atoms with E-state index in [0.29, 0.717) is 24.4 Å². The molecule has 2 rings (SSSR count).